The van der Waals surface area contributed by atoms with E-state index in [1.165, 1.54) is 18.2 Å². The molecule has 0 unspecified atom stereocenters. The van der Waals surface area contributed by atoms with Crippen molar-refractivity contribution in [2.75, 3.05) is 11.9 Å². The quantitative estimate of drug-likeness (QED) is 0.789. The molecule has 1 amide bonds. The van der Waals surface area contributed by atoms with Crippen molar-refractivity contribution in [3.05, 3.63) is 53.6 Å². The Kier molecular flexibility index (Phi) is 4.63. The molecule has 0 aromatic heterocycles. The molecule has 0 fully saturated rings. The fourth-order valence-electron chi connectivity index (χ4n) is 1.92. The summed E-state index contributed by atoms with van der Waals surface area (Å²) >= 11 is 0. The van der Waals surface area contributed by atoms with Crippen molar-refractivity contribution in [1.82, 2.24) is 0 Å². The third-order valence-corrected chi connectivity index (χ3v) is 2.92. The minimum absolute atomic E-state index is 0.229. The highest BCUT2D eigenvalue weighted by Gasteiger charge is 2.14. The SMILES string of the molecule is CCOc1ccccc1C(=O)Nc1ccc(C(=O)O)c(O)c1. The van der Waals surface area contributed by atoms with Crippen molar-refractivity contribution in [1.29, 1.82) is 0 Å². The van der Waals surface area contributed by atoms with Crippen LogP contribution in [0.4, 0.5) is 5.69 Å². The number of carbonyl (C=O) groups is 2. The highest BCUT2D eigenvalue weighted by atomic mass is 16.5. The van der Waals surface area contributed by atoms with Gasteiger partial charge in [-0.2, -0.15) is 0 Å². The number of carboxylic acids is 1. The molecular formula is C16H15NO5. The van der Waals surface area contributed by atoms with Crippen molar-refractivity contribution in [2.24, 2.45) is 0 Å². The van der Waals surface area contributed by atoms with Gasteiger partial charge >= 0.3 is 5.97 Å². The second kappa shape index (κ2) is 6.62. The maximum atomic E-state index is 12.3. The van der Waals surface area contributed by atoms with Crippen molar-refractivity contribution in [2.45, 2.75) is 6.92 Å². The summed E-state index contributed by atoms with van der Waals surface area (Å²) in [6.45, 7) is 2.25. The molecular weight excluding hydrogens is 286 g/mol. The van der Waals surface area contributed by atoms with Crippen LogP contribution in [0, 0.1) is 0 Å². The fraction of sp³-hybridized carbons (Fsp3) is 0.125. The molecule has 0 aliphatic carbocycles. The summed E-state index contributed by atoms with van der Waals surface area (Å²) in [5.41, 5.74) is 0.415. The number of amides is 1. The first-order valence-corrected chi connectivity index (χ1v) is 6.62. The minimum atomic E-state index is -1.24. The topological polar surface area (TPSA) is 95.9 Å². The maximum absolute atomic E-state index is 12.3. The average Bonchev–Trinajstić information content (AvgIpc) is 2.47. The molecule has 2 aromatic rings. The normalized spacial score (nSPS) is 10.0. The Labute approximate surface area is 127 Å². The first-order valence-electron chi connectivity index (χ1n) is 6.62. The van der Waals surface area contributed by atoms with E-state index in [4.69, 9.17) is 9.84 Å². The summed E-state index contributed by atoms with van der Waals surface area (Å²) in [6, 6.07) is 10.6. The van der Waals surface area contributed by atoms with Crippen LogP contribution in [0.3, 0.4) is 0 Å². The molecule has 0 atom stereocenters. The van der Waals surface area contributed by atoms with Gasteiger partial charge in [-0.3, -0.25) is 4.79 Å². The van der Waals surface area contributed by atoms with Gasteiger partial charge in [0.2, 0.25) is 0 Å². The van der Waals surface area contributed by atoms with Gasteiger partial charge in [-0.05, 0) is 31.2 Å². The Morgan fingerprint density at radius 1 is 1.14 bits per heavy atom. The van der Waals surface area contributed by atoms with E-state index in [0.29, 0.717) is 23.6 Å². The van der Waals surface area contributed by atoms with E-state index >= 15 is 0 Å². The molecule has 0 heterocycles. The first-order chi connectivity index (χ1) is 10.5. The van der Waals surface area contributed by atoms with Crippen LogP contribution >= 0.6 is 0 Å². The summed E-state index contributed by atoms with van der Waals surface area (Å²) in [6.07, 6.45) is 0. The monoisotopic (exact) mass is 301 g/mol. The van der Waals surface area contributed by atoms with Gasteiger partial charge in [0.1, 0.15) is 17.1 Å². The second-order valence-electron chi connectivity index (χ2n) is 4.42. The lowest BCUT2D eigenvalue weighted by molar-refractivity contribution is 0.0693. The smallest absolute Gasteiger partial charge is 0.339 e. The lowest BCUT2D eigenvalue weighted by Gasteiger charge is -2.11. The van der Waals surface area contributed by atoms with Gasteiger partial charge in [0.25, 0.3) is 5.91 Å². The Morgan fingerprint density at radius 3 is 2.50 bits per heavy atom. The Hall–Kier alpha value is -3.02. The number of nitrogens with one attached hydrogen (secondary N) is 1. The number of anilines is 1. The van der Waals surface area contributed by atoms with E-state index in [1.807, 2.05) is 6.92 Å². The molecule has 22 heavy (non-hydrogen) atoms. The van der Waals surface area contributed by atoms with E-state index in [2.05, 4.69) is 5.32 Å². The van der Waals surface area contributed by atoms with Crippen molar-refractivity contribution in [3.63, 3.8) is 0 Å². The lowest BCUT2D eigenvalue weighted by Crippen LogP contribution is -2.13. The zero-order chi connectivity index (χ0) is 16.1. The van der Waals surface area contributed by atoms with Crippen LogP contribution in [0.2, 0.25) is 0 Å². The molecule has 0 aliphatic rings. The highest BCUT2D eigenvalue weighted by molar-refractivity contribution is 6.06. The standard InChI is InChI=1S/C16H15NO5/c1-2-22-14-6-4-3-5-12(14)15(19)17-10-7-8-11(16(20)21)13(18)9-10/h3-9,18H,2H2,1H3,(H,17,19)(H,20,21). The van der Waals surface area contributed by atoms with Crippen molar-refractivity contribution >= 4 is 17.6 Å². The number of carbonyl (C=O) groups excluding carboxylic acids is 1. The van der Waals surface area contributed by atoms with Crippen LogP contribution in [0.5, 0.6) is 11.5 Å². The predicted octanol–water partition coefficient (Wildman–Crippen LogP) is 2.74. The number of hydrogen-bond donors (Lipinski definition) is 3. The average molecular weight is 301 g/mol. The van der Waals surface area contributed by atoms with E-state index in [9.17, 15) is 14.7 Å². The van der Waals surface area contributed by atoms with E-state index in [-0.39, 0.29) is 5.56 Å². The molecule has 0 saturated carbocycles. The highest BCUT2D eigenvalue weighted by Crippen LogP contribution is 2.24. The molecule has 0 aliphatic heterocycles. The van der Waals surface area contributed by atoms with Gasteiger partial charge in [-0.15, -0.1) is 0 Å². The summed E-state index contributed by atoms with van der Waals surface area (Å²) < 4.78 is 5.38. The number of carboxylic acid groups (broad SMARTS) is 1. The van der Waals surface area contributed by atoms with Gasteiger partial charge in [0, 0.05) is 11.8 Å². The largest absolute Gasteiger partial charge is 0.507 e. The number of aromatic carboxylic acids is 1. The number of rotatable bonds is 5. The van der Waals surface area contributed by atoms with Gasteiger partial charge in [-0.25, -0.2) is 4.79 Å². The van der Waals surface area contributed by atoms with Crippen molar-refractivity contribution in [3.8, 4) is 11.5 Å². The summed E-state index contributed by atoms with van der Waals surface area (Å²) in [7, 11) is 0. The Balaban J connectivity index is 2.22. The third-order valence-electron chi connectivity index (χ3n) is 2.92. The van der Waals surface area contributed by atoms with Crippen LogP contribution in [0.25, 0.3) is 0 Å². The molecule has 2 rings (SSSR count). The molecule has 0 saturated heterocycles. The molecule has 0 spiro atoms. The number of hydrogen-bond acceptors (Lipinski definition) is 4. The Morgan fingerprint density at radius 2 is 1.86 bits per heavy atom. The summed E-state index contributed by atoms with van der Waals surface area (Å²) in [4.78, 5) is 23.1. The van der Waals surface area contributed by atoms with Gasteiger partial charge in [0.15, 0.2) is 0 Å². The number of para-hydroxylation sites is 1. The number of benzene rings is 2. The van der Waals surface area contributed by atoms with Crippen LogP contribution in [-0.2, 0) is 0 Å². The maximum Gasteiger partial charge on any atom is 0.339 e. The van der Waals surface area contributed by atoms with E-state index < -0.39 is 17.6 Å². The van der Waals surface area contributed by atoms with Crippen molar-refractivity contribution < 1.29 is 24.5 Å². The van der Waals surface area contributed by atoms with Gasteiger partial charge in [-0.1, -0.05) is 12.1 Å². The fourth-order valence-corrected chi connectivity index (χ4v) is 1.92. The van der Waals surface area contributed by atoms with Crippen LogP contribution < -0.4 is 10.1 Å². The van der Waals surface area contributed by atoms with Crippen LogP contribution in [-0.4, -0.2) is 28.7 Å². The second-order valence-corrected chi connectivity index (χ2v) is 4.42. The van der Waals surface area contributed by atoms with Gasteiger partial charge < -0.3 is 20.3 Å². The molecule has 2 aromatic carbocycles. The summed E-state index contributed by atoms with van der Waals surface area (Å²) in [5, 5.41) is 21.1. The molecule has 6 heteroatoms. The number of aromatic hydroxyl groups is 1. The molecule has 3 N–H and O–H groups in total. The number of phenols is 1. The third kappa shape index (κ3) is 3.35. The first kappa shape index (κ1) is 15.4. The van der Waals surface area contributed by atoms with Gasteiger partial charge in [0.05, 0.1) is 12.2 Å². The van der Waals surface area contributed by atoms with Crippen LogP contribution in [0.15, 0.2) is 42.5 Å². The molecule has 114 valence electrons. The van der Waals surface area contributed by atoms with E-state index in [0.717, 1.165) is 0 Å². The summed E-state index contributed by atoms with van der Waals surface area (Å²) in [5.74, 6) is -1.61. The number of ether oxygens (including phenoxy) is 1. The van der Waals surface area contributed by atoms with Crippen LogP contribution in [0.1, 0.15) is 27.6 Å². The molecule has 0 bridgehead atoms. The predicted molar refractivity (Wildman–Crippen MR) is 80.6 cm³/mol. The molecule has 6 nitrogen and oxygen atoms in total. The zero-order valence-electron chi connectivity index (χ0n) is 11.9. The van der Waals surface area contributed by atoms with E-state index in [1.54, 1.807) is 24.3 Å². The zero-order valence-corrected chi connectivity index (χ0v) is 11.9. The molecule has 0 radical (unpaired) electrons. The lowest BCUT2D eigenvalue weighted by atomic mass is 10.1. The minimum Gasteiger partial charge on any atom is -0.507 e. The Bertz CT molecular complexity index is 711.